The van der Waals surface area contributed by atoms with Crippen LogP contribution >= 0.6 is 0 Å². The SMILES string of the molecule is CC(CO)CNC(=O)CN1C(=O)CNC1=O. The van der Waals surface area contributed by atoms with Gasteiger partial charge in [-0.15, -0.1) is 0 Å². The Morgan fingerprint density at radius 1 is 1.62 bits per heavy atom. The quantitative estimate of drug-likeness (QED) is 0.488. The van der Waals surface area contributed by atoms with Crippen LogP contribution < -0.4 is 10.6 Å². The van der Waals surface area contributed by atoms with E-state index in [9.17, 15) is 14.4 Å². The first-order valence-corrected chi connectivity index (χ1v) is 5.00. The Bertz CT molecular complexity index is 289. The third kappa shape index (κ3) is 3.20. The standard InChI is InChI=1S/C9H15N3O4/c1-6(5-13)2-10-7(14)4-12-8(15)3-11-9(12)16/h6,13H,2-5H2,1H3,(H,10,14)(H,11,16). The Morgan fingerprint density at radius 3 is 2.81 bits per heavy atom. The summed E-state index contributed by atoms with van der Waals surface area (Å²) in [4.78, 5) is 34.4. The molecule has 1 saturated heterocycles. The van der Waals surface area contributed by atoms with Crippen molar-refractivity contribution in [1.29, 1.82) is 0 Å². The summed E-state index contributed by atoms with van der Waals surface area (Å²) in [5.41, 5.74) is 0. The fourth-order valence-electron chi connectivity index (χ4n) is 1.17. The minimum absolute atomic E-state index is 0.0244. The zero-order chi connectivity index (χ0) is 12.1. The molecule has 0 aliphatic carbocycles. The lowest BCUT2D eigenvalue weighted by atomic mass is 10.2. The van der Waals surface area contributed by atoms with E-state index in [1.54, 1.807) is 6.92 Å². The number of hydrogen-bond donors (Lipinski definition) is 3. The zero-order valence-corrected chi connectivity index (χ0v) is 9.02. The lowest BCUT2D eigenvalue weighted by Crippen LogP contribution is -2.42. The van der Waals surface area contributed by atoms with E-state index in [2.05, 4.69) is 10.6 Å². The first-order valence-electron chi connectivity index (χ1n) is 5.00. The number of rotatable bonds is 5. The fourth-order valence-corrected chi connectivity index (χ4v) is 1.17. The summed E-state index contributed by atoms with van der Waals surface area (Å²) in [6.07, 6.45) is 0. The number of nitrogens with one attached hydrogen (secondary N) is 2. The van der Waals surface area contributed by atoms with Crippen molar-refractivity contribution in [3.05, 3.63) is 0 Å². The van der Waals surface area contributed by atoms with Crippen molar-refractivity contribution in [3.63, 3.8) is 0 Å². The Morgan fingerprint density at radius 2 is 2.31 bits per heavy atom. The molecule has 4 amide bonds. The maximum atomic E-state index is 11.3. The molecule has 0 saturated carbocycles. The summed E-state index contributed by atoms with van der Waals surface area (Å²) in [6.45, 7) is 1.73. The lowest BCUT2D eigenvalue weighted by Gasteiger charge is -2.13. The molecule has 1 unspecified atom stereocenters. The third-order valence-electron chi connectivity index (χ3n) is 2.20. The van der Waals surface area contributed by atoms with Gasteiger partial charge in [-0.1, -0.05) is 6.92 Å². The number of carbonyl (C=O) groups is 3. The topological polar surface area (TPSA) is 98.7 Å². The van der Waals surface area contributed by atoms with E-state index < -0.39 is 17.8 Å². The van der Waals surface area contributed by atoms with Crippen LogP contribution in [0.5, 0.6) is 0 Å². The summed E-state index contributed by atoms with van der Waals surface area (Å²) >= 11 is 0. The fraction of sp³-hybridized carbons (Fsp3) is 0.667. The number of hydrogen-bond acceptors (Lipinski definition) is 4. The van der Waals surface area contributed by atoms with Crippen molar-refractivity contribution in [2.45, 2.75) is 6.92 Å². The van der Waals surface area contributed by atoms with E-state index >= 15 is 0 Å². The highest BCUT2D eigenvalue weighted by molar-refractivity contribution is 6.04. The second-order valence-corrected chi connectivity index (χ2v) is 3.73. The normalized spacial score (nSPS) is 17.2. The van der Waals surface area contributed by atoms with Gasteiger partial charge >= 0.3 is 6.03 Å². The van der Waals surface area contributed by atoms with Crippen molar-refractivity contribution in [1.82, 2.24) is 15.5 Å². The van der Waals surface area contributed by atoms with Gasteiger partial charge in [0, 0.05) is 13.2 Å². The highest BCUT2D eigenvalue weighted by Crippen LogP contribution is 1.98. The van der Waals surface area contributed by atoms with Crippen LogP contribution in [-0.2, 0) is 9.59 Å². The molecule has 0 spiro atoms. The molecule has 0 aromatic carbocycles. The van der Waals surface area contributed by atoms with Gasteiger partial charge in [0.1, 0.15) is 6.54 Å². The molecule has 90 valence electrons. The van der Waals surface area contributed by atoms with E-state index in [4.69, 9.17) is 5.11 Å². The molecular weight excluding hydrogens is 214 g/mol. The maximum absolute atomic E-state index is 11.3. The van der Waals surface area contributed by atoms with Crippen LogP contribution in [-0.4, -0.2) is 54.1 Å². The van der Waals surface area contributed by atoms with Crippen molar-refractivity contribution < 1.29 is 19.5 Å². The summed E-state index contributed by atoms with van der Waals surface area (Å²) < 4.78 is 0. The number of urea groups is 1. The smallest absolute Gasteiger partial charge is 0.325 e. The van der Waals surface area contributed by atoms with Crippen molar-refractivity contribution >= 4 is 17.8 Å². The lowest BCUT2D eigenvalue weighted by molar-refractivity contribution is -0.130. The molecule has 16 heavy (non-hydrogen) atoms. The molecule has 7 nitrogen and oxygen atoms in total. The van der Waals surface area contributed by atoms with E-state index in [-0.39, 0.29) is 25.6 Å². The average Bonchev–Trinajstić information content (AvgIpc) is 2.57. The molecule has 1 heterocycles. The molecule has 0 bridgehead atoms. The van der Waals surface area contributed by atoms with Gasteiger partial charge in [0.05, 0.1) is 6.54 Å². The first kappa shape index (κ1) is 12.4. The Hall–Kier alpha value is -1.63. The zero-order valence-electron chi connectivity index (χ0n) is 9.02. The van der Waals surface area contributed by atoms with Crippen LogP contribution in [0.2, 0.25) is 0 Å². The minimum Gasteiger partial charge on any atom is -0.396 e. The summed E-state index contributed by atoms with van der Waals surface area (Å²) in [7, 11) is 0. The number of imide groups is 1. The van der Waals surface area contributed by atoms with Crippen LogP contribution in [0.3, 0.4) is 0 Å². The molecule has 1 fully saturated rings. The number of nitrogens with zero attached hydrogens (tertiary/aromatic N) is 1. The Kier molecular flexibility index (Phi) is 4.24. The van der Waals surface area contributed by atoms with Gasteiger partial charge in [0.25, 0.3) is 5.91 Å². The Balaban J connectivity index is 2.34. The Labute approximate surface area is 92.8 Å². The molecule has 1 aliphatic heterocycles. The van der Waals surface area contributed by atoms with E-state index in [1.165, 1.54) is 0 Å². The monoisotopic (exact) mass is 229 g/mol. The van der Waals surface area contributed by atoms with Crippen LogP contribution in [0.4, 0.5) is 4.79 Å². The number of aliphatic hydroxyl groups is 1. The molecular formula is C9H15N3O4. The third-order valence-corrected chi connectivity index (χ3v) is 2.20. The van der Waals surface area contributed by atoms with Gasteiger partial charge in [-0.3, -0.25) is 14.5 Å². The van der Waals surface area contributed by atoms with Gasteiger partial charge < -0.3 is 15.7 Å². The largest absolute Gasteiger partial charge is 0.396 e. The molecule has 1 aliphatic rings. The van der Waals surface area contributed by atoms with Crippen molar-refractivity contribution in [2.24, 2.45) is 5.92 Å². The van der Waals surface area contributed by atoms with Crippen LogP contribution in [0.25, 0.3) is 0 Å². The van der Waals surface area contributed by atoms with Crippen LogP contribution in [0.1, 0.15) is 6.92 Å². The number of carbonyl (C=O) groups excluding carboxylic acids is 3. The summed E-state index contributed by atoms with van der Waals surface area (Å²) in [5, 5.41) is 13.6. The first-order chi connectivity index (χ1) is 7.54. The van der Waals surface area contributed by atoms with Crippen molar-refractivity contribution in [2.75, 3.05) is 26.2 Å². The maximum Gasteiger partial charge on any atom is 0.325 e. The predicted molar refractivity (Wildman–Crippen MR) is 54.4 cm³/mol. The summed E-state index contributed by atoms with van der Waals surface area (Å²) in [6, 6.07) is -0.546. The second-order valence-electron chi connectivity index (χ2n) is 3.73. The summed E-state index contributed by atoms with van der Waals surface area (Å²) in [5.74, 6) is -0.867. The number of aliphatic hydroxyl groups excluding tert-OH is 1. The molecule has 0 radical (unpaired) electrons. The molecule has 0 aromatic heterocycles. The van der Waals surface area contributed by atoms with Gasteiger partial charge in [-0.25, -0.2) is 4.79 Å². The minimum atomic E-state index is -0.546. The van der Waals surface area contributed by atoms with E-state index in [1.807, 2.05) is 0 Å². The highest BCUT2D eigenvalue weighted by Gasteiger charge is 2.29. The molecule has 7 heteroatoms. The van der Waals surface area contributed by atoms with Gasteiger partial charge in [-0.2, -0.15) is 0 Å². The second kappa shape index (κ2) is 5.45. The van der Waals surface area contributed by atoms with Gasteiger partial charge in [0.15, 0.2) is 0 Å². The van der Waals surface area contributed by atoms with E-state index in [0.29, 0.717) is 6.54 Å². The highest BCUT2D eigenvalue weighted by atomic mass is 16.3. The van der Waals surface area contributed by atoms with Gasteiger partial charge in [0.2, 0.25) is 5.91 Å². The number of amides is 4. The molecule has 0 aromatic rings. The molecule has 1 rings (SSSR count). The van der Waals surface area contributed by atoms with Crippen molar-refractivity contribution in [3.8, 4) is 0 Å². The molecule has 1 atom stereocenters. The van der Waals surface area contributed by atoms with Crippen LogP contribution in [0.15, 0.2) is 0 Å². The van der Waals surface area contributed by atoms with Crippen LogP contribution in [0, 0.1) is 5.92 Å². The average molecular weight is 229 g/mol. The van der Waals surface area contributed by atoms with Gasteiger partial charge in [-0.05, 0) is 5.92 Å². The molecule has 3 N–H and O–H groups in total. The predicted octanol–water partition coefficient (Wildman–Crippen LogP) is -1.72. The van der Waals surface area contributed by atoms with E-state index in [0.717, 1.165) is 4.90 Å².